The molecule has 1 atom stereocenters. The Morgan fingerprint density at radius 2 is 1.94 bits per heavy atom. The van der Waals surface area contributed by atoms with Crippen molar-refractivity contribution in [3.05, 3.63) is 0 Å². The van der Waals surface area contributed by atoms with Gasteiger partial charge in [0.25, 0.3) is 0 Å². The summed E-state index contributed by atoms with van der Waals surface area (Å²) in [6.07, 6.45) is 6.59. The molecule has 0 aliphatic carbocycles. The number of rotatable bonds is 6. The van der Waals surface area contributed by atoms with Crippen molar-refractivity contribution < 1.29 is 4.74 Å². The van der Waals surface area contributed by atoms with Crippen LogP contribution in [0.3, 0.4) is 0 Å². The Hall–Kier alpha value is -0.120. The molecular weight excluding hydrogens is 212 g/mol. The van der Waals surface area contributed by atoms with E-state index in [1.807, 2.05) is 0 Å². The maximum Gasteiger partial charge on any atom is 0.0469 e. The fraction of sp³-hybridized carbons (Fsp3) is 1.00. The van der Waals surface area contributed by atoms with Gasteiger partial charge in [0.2, 0.25) is 0 Å². The van der Waals surface area contributed by atoms with E-state index in [2.05, 4.69) is 17.1 Å². The van der Waals surface area contributed by atoms with Gasteiger partial charge in [-0.2, -0.15) is 0 Å². The maximum absolute atomic E-state index is 5.41. The van der Waals surface area contributed by atoms with Crippen LogP contribution in [0.2, 0.25) is 0 Å². The van der Waals surface area contributed by atoms with Crippen LogP contribution in [-0.4, -0.2) is 50.3 Å². The highest BCUT2D eigenvalue weighted by molar-refractivity contribution is 4.75. The number of hydrogen-bond acceptors (Lipinski definition) is 3. The van der Waals surface area contributed by atoms with Gasteiger partial charge in [0.1, 0.15) is 0 Å². The van der Waals surface area contributed by atoms with Crippen LogP contribution in [0.25, 0.3) is 0 Å². The van der Waals surface area contributed by atoms with E-state index in [4.69, 9.17) is 4.74 Å². The van der Waals surface area contributed by atoms with Crippen LogP contribution in [0.15, 0.2) is 0 Å². The lowest BCUT2D eigenvalue weighted by atomic mass is 9.93. The van der Waals surface area contributed by atoms with Crippen molar-refractivity contribution in [1.29, 1.82) is 0 Å². The van der Waals surface area contributed by atoms with E-state index in [9.17, 15) is 0 Å². The van der Waals surface area contributed by atoms with Crippen molar-refractivity contribution in [3.8, 4) is 0 Å². The van der Waals surface area contributed by atoms with Gasteiger partial charge in [0.15, 0.2) is 0 Å². The molecule has 0 spiro atoms. The normalized spacial score (nSPS) is 25.2. The molecule has 2 aliphatic rings. The Morgan fingerprint density at radius 1 is 1.24 bits per heavy atom. The Balaban J connectivity index is 1.51. The van der Waals surface area contributed by atoms with Gasteiger partial charge in [-0.1, -0.05) is 0 Å². The molecule has 2 fully saturated rings. The Labute approximate surface area is 106 Å². The summed E-state index contributed by atoms with van der Waals surface area (Å²) in [7, 11) is 0. The lowest BCUT2D eigenvalue weighted by Gasteiger charge is -2.28. The maximum atomic E-state index is 5.41. The Bertz CT molecular complexity index is 198. The monoisotopic (exact) mass is 240 g/mol. The van der Waals surface area contributed by atoms with E-state index in [1.165, 1.54) is 58.3 Å². The molecule has 0 amide bonds. The smallest absolute Gasteiger partial charge is 0.0469 e. The SMILES string of the molecule is CC(NCCCN1CCCC1)C1CCOCC1. The molecule has 17 heavy (non-hydrogen) atoms. The number of ether oxygens (including phenoxy) is 1. The first-order valence-corrected chi connectivity index (χ1v) is 7.40. The fourth-order valence-electron chi connectivity index (χ4n) is 3.02. The van der Waals surface area contributed by atoms with Gasteiger partial charge in [-0.15, -0.1) is 0 Å². The van der Waals surface area contributed by atoms with Gasteiger partial charge >= 0.3 is 0 Å². The summed E-state index contributed by atoms with van der Waals surface area (Å²) in [5.74, 6) is 0.829. The Kier molecular flexibility index (Phi) is 5.75. The third-order valence-corrected chi connectivity index (χ3v) is 4.29. The van der Waals surface area contributed by atoms with E-state index in [-0.39, 0.29) is 0 Å². The van der Waals surface area contributed by atoms with Gasteiger partial charge in [0.05, 0.1) is 0 Å². The predicted molar refractivity (Wildman–Crippen MR) is 71.3 cm³/mol. The minimum atomic E-state index is 0.664. The van der Waals surface area contributed by atoms with Crippen LogP contribution >= 0.6 is 0 Å². The molecule has 2 saturated heterocycles. The second kappa shape index (κ2) is 7.34. The minimum Gasteiger partial charge on any atom is -0.381 e. The molecule has 3 nitrogen and oxygen atoms in total. The molecule has 0 aromatic heterocycles. The first-order valence-electron chi connectivity index (χ1n) is 7.40. The summed E-state index contributed by atoms with van der Waals surface area (Å²) in [5.41, 5.74) is 0. The molecular formula is C14H28N2O. The van der Waals surface area contributed by atoms with Crippen LogP contribution in [0.4, 0.5) is 0 Å². The first-order chi connectivity index (χ1) is 8.36. The fourth-order valence-corrected chi connectivity index (χ4v) is 3.02. The second-order valence-corrected chi connectivity index (χ2v) is 5.59. The summed E-state index contributed by atoms with van der Waals surface area (Å²) in [4.78, 5) is 2.60. The van der Waals surface area contributed by atoms with E-state index in [1.54, 1.807) is 0 Å². The van der Waals surface area contributed by atoms with E-state index in [0.717, 1.165) is 19.1 Å². The van der Waals surface area contributed by atoms with E-state index < -0.39 is 0 Å². The van der Waals surface area contributed by atoms with Crippen LogP contribution < -0.4 is 5.32 Å². The standard InChI is InChI=1S/C14H28N2O/c1-13(14-5-11-17-12-6-14)15-7-4-10-16-8-2-3-9-16/h13-15H,2-12H2,1H3. The zero-order valence-electron chi connectivity index (χ0n) is 11.3. The van der Waals surface area contributed by atoms with Gasteiger partial charge in [-0.3, -0.25) is 0 Å². The summed E-state index contributed by atoms with van der Waals surface area (Å²) >= 11 is 0. The second-order valence-electron chi connectivity index (χ2n) is 5.59. The zero-order valence-corrected chi connectivity index (χ0v) is 11.3. The molecule has 2 aliphatic heterocycles. The summed E-state index contributed by atoms with van der Waals surface area (Å²) in [5, 5.41) is 3.69. The lowest BCUT2D eigenvalue weighted by molar-refractivity contribution is 0.0559. The van der Waals surface area contributed by atoms with Gasteiger partial charge in [-0.25, -0.2) is 0 Å². The quantitative estimate of drug-likeness (QED) is 0.717. The molecule has 1 N–H and O–H groups in total. The molecule has 0 aromatic carbocycles. The van der Waals surface area contributed by atoms with Crippen molar-refractivity contribution in [3.63, 3.8) is 0 Å². The summed E-state index contributed by atoms with van der Waals surface area (Å²) in [6.45, 7) is 9.38. The highest BCUT2D eigenvalue weighted by Gasteiger charge is 2.19. The van der Waals surface area contributed by atoms with Crippen LogP contribution in [0.1, 0.15) is 39.0 Å². The molecule has 2 heterocycles. The highest BCUT2D eigenvalue weighted by Crippen LogP contribution is 2.18. The van der Waals surface area contributed by atoms with Crippen molar-refractivity contribution >= 4 is 0 Å². The molecule has 1 unspecified atom stereocenters. The molecule has 0 aromatic rings. The number of hydrogen-bond donors (Lipinski definition) is 1. The highest BCUT2D eigenvalue weighted by atomic mass is 16.5. The zero-order chi connectivity index (χ0) is 11.9. The minimum absolute atomic E-state index is 0.664. The Morgan fingerprint density at radius 3 is 2.65 bits per heavy atom. The largest absolute Gasteiger partial charge is 0.381 e. The molecule has 0 saturated carbocycles. The predicted octanol–water partition coefficient (Wildman–Crippen LogP) is 1.88. The number of nitrogens with zero attached hydrogens (tertiary/aromatic N) is 1. The van der Waals surface area contributed by atoms with Crippen molar-refractivity contribution in [2.45, 2.75) is 45.1 Å². The van der Waals surface area contributed by atoms with Crippen molar-refractivity contribution in [2.75, 3.05) is 39.4 Å². The number of likely N-dealkylation sites (tertiary alicyclic amines) is 1. The molecule has 0 bridgehead atoms. The van der Waals surface area contributed by atoms with Crippen LogP contribution in [0.5, 0.6) is 0 Å². The lowest BCUT2D eigenvalue weighted by Crippen LogP contribution is -2.38. The average molecular weight is 240 g/mol. The number of nitrogens with one attached hydrogen (secondary N) is 1. The topological polar surface area (TPSA) is 24.5 Å². The van der Waals surface area contributed by atoms with Crippen LogP contribution in [0, 0.1) is 5.92 Å². The molecule has 0 radical (unpaired) electrons. The van der Waals surface area contributed by atoms with Crippen molar-refractivity contribution in [2.24, 2.45) is 5.92 Å². The van der Waals surface area contributed by atoms with Gasteiger partial charge in [-0.05, 0) is 71.1 Å². The molecule has 2 rings (SSSR count). The molecule has 3 heteroatoms. The third kappa shape index (κ3) is 4.57. The van der Waals surface area contributed by atoms with Gasteiger partial charge < -0.3 is 15.0 Å². The summed E-state index contributed by atoms with van der Waals surface area (Å²) in [6, 6.07) is 0.664. The third-order valence-electron chi connectivity index (χ3n) is 4.29. The average Bonchev–Trinajstić information content (AvgIpc) is 2.88. The first kappa shape index (κ1) is 13.3. The van der Waals surface area contributed by atoms with Crippen molar-refractivity contribution in [1.82, 2.24) is 10.2 Å². The van der Waals surface area contributed by atoms with Gasteiger partial charge in [0, 0.05) is 19.3 Å². The molecule has 100 valence electrons. The van der Waals surface area contributed by atoms with E-state index in [0.29, 0.717) is 6.04 Å². The van der Waals surface area contributed by atoms with Crippen LogP contribution in [-0.2, 0) is 4.74 Å². The summed E-state index contributed by atoms with van der Waals surface area (Å²) < 4.78 is 5.41. The van der Waals surface area contributed by atoms with E-state index >= 15 is 0 Å².